The largest absolute Gasteiger partial charge is 0.468 e. The van der Waals surface area contributed by atoms with Gasteiger partial charge in [-0.25, -0.2) is 0 Å². The van der Waals surface area contributed by atoms with Crippen molar-refractivity contribution < 1.29 is 8.83 Å². The van der Waals surface area contributed by atoms with Crippen LogP contribution in [-0.4, -0.2) is 17.0 Å². The third-order valence-corrected chi connectivity index (χ3v) is 3.84. The Morgan fingerprint density at radius 1 is 1.35 bits per heavy atom. The van der Waals surface area contributed by atoms with Crippen LogP contribution in [0.25, 0.3) is 0 Å². The molecule has 3 rings (SSSR count). The highest BCUT2D eigenvalue weighted by atomic mass is 16.3. The first-order chi connectivity index (χ1) is 9.65. The van der Waals surface area contributed by atoms with E-state index >= 15 is 0 Å². The number of hydrogen-bond acceptors (Lipinski definition) is 4. The van der Waals surface area contributed by atoms with Crippen LogP contribution in [0.2, 0.25) is 0 Å². The van der Waals surface area contributed by atoms with Gasteiger partial charge in [0, 0.05) is 12.1 Å². The molecule has 2 aromatic heterocycles. The van der Waals surface area contributed by atoms with Crippen molar-refractivity contribution in [3.8, 4) is 0 Å². The fourth-order valence-corrected chi connectivity index (χ4v) is 2.78. The van der Waals surface area contributed by atoms with Crippen molar-refractivity contribution in [2.75, 3.05) is 0 Å². The van der Waals surface area contributed by atoms with Crippen molar-refractivity contribution in [2.45, 2.75) is 51.4 Å². The normalized spacial score (nSPS) is 18.4. The van der Waals surface area contributed by atoms with Crippen molar-refractivity contribution in [3.05, 3.63) is 47.8 Å². The average Bonchev–Trinajstić information content (AvgIpc) is 2.96. The lowest BCUT2D eigenvalue weighted by Crippen LogP contribution is -2.40. The molecule has 0 spiro atoms. The first-order valence-electron chi connectivity index (χ1n) is 7.25. The van der Waals surface area contributed by atoms with Crippen LogP contribution in [0, 0.1) is 6.92 Å². The molecule has 0 amide bonds. The summed E-state index contributed by atoms with van der Waals surface area (Å²) in [5.74, 6) is 2.86. The molecule has 2 N–H and O–H groups in total. The van der Waals surface area contributed by atoms with Crippen molar-refractivity contribution in [1.82, 2.24) is 4.90 Å². The van der Waals surface area contributed by atoms with E-state index in [-0.39, 0.29) is 12.1 Å². The molecule has 2 aromatic rings. The Kier molecular flexibility index (Phi) is 3.68. The van der Waals surface area contributed by atoms with Gasteiger partial charge in [-0.05, 0) is 51.0 Å². The summed E-state index contributed by atoms with van der Waals surface area (Å²) < 4.78 is 11.3. The zero-order valence-corrected chi connectivity index (χ0v) is 12.1. The fourth-order valence-electron chi connectivity index (χ4n) is 2.78. The monoisotopic (exact) mass is 274 g/mol. The maximum absolute atomic E-state index is 6.24. The van der Waals surface area contributed by atoms with Gasteiger partial charge in [0.15, 0.2) is 0 Å². The molecule has 20 heavy (non-hydrogen) atoms. The molecule has 0 aliphatic heterocycles. The van der Waals surface area contributed by atoms with Crippen LogP contribution in [0.1, 0.15) is 43.1 Å². The minimum absolute atomic E-state index is 0.0103. The van der Waals surface area contributed by atoms with E-state index in [4.69, 9.17) is 14.6 Å². The molecule has 4 heteroatoms. The van der Waals surface area contributed by atoms with Gasteiger partial charge in [0.1, 0.15) is 17.3 Å². The second-order valence-electron chi connectivity index (χ2n) is 5.74. The molecule has 1 aliphatic carbocycles. The van der Waals surface area contributed by atoms with Gasteiger partial charge in [-0.1, -0.05) is 0 Å². The van der Waals surface area contributed by atoms with Crippen LogP contribution in [0.5, 0.6) is 0 Å². The van der Waals surface area contributed by atoms with Gasteiger partial charge in [0.2, 0.25) is 0 Å². The van der Waals surface area contributed by atoms with Crippen LogP contribution in [0.15, 0.2) is 39.4 Å². The number of aryl methyl sites for hydroxylation is 1. The predicted molar refractivity (Wildman–Crippen MR) is 77.1 cm³/mol. The number of rotatable bonds is 6. The van der Waals surface area contributed by atoms with E-state index in [0.29, 0.717) is 6.04 Å². The molecule has 1 aliphatic rings. The van der Waals surface area contributed by atoms with E-state index in [0.717, 1.165) is 23.8 Å². The summed E-state index contributed by atoms with van der Waals surface area (Å²) in [6, 6.07) is 8.68. The van der Waals surface area contributed by atoms with Gasteiger partial charge in [-0.15, -0.1) is 0 Å². The van der Waals surface area contributed by atoms with E-state index in [2.05, 4.69) is 4.90 Å². The second kappa shape index (κ2) is 5.46. The third-order valence-electron chi connectivity index (χ3n) is 3.84. The summed E-state index contributed by atoms with van der Waals surface area (Å²) in [7, 11) is 0. The quantitative estimate of drug-likeness (QED) is 0.878. The predicted octanol–water partition coefficient (Wildman–Crippen LogP) is 3.23. The molecular weight excluding hydrogens is 252 g/mol. The lowest BCUT2D eigenvalue weighted by Gasteiger charge is -2.32. The Morgan fingerprint density at radius 3 is 2.65 bits per heavy atom. The van der Waals surface area contributed by atoms with Gasteiger partial charge >= 0.3 is 0 Å². The van der Waals surface area contributed by atoms with Crippen LogP contribution in [0.3, 0.4) is 0 Å². The molecule has 2 unspecified atom stereocenters. The molecule has 4 nitrogen and oxygen atoms in total. The van der Waals surface area contributed by atoms with E-state index in [1.165, 1.54) is 12.8 Å². The van der Waals surface area contributed by atoms with Crippen LogP contribution in [-0.2, 0) is 6.54 Å². The second-order valence-corrected chi connectivity index (χ2v) is 5.74. The topological polar surface area (TPSA) is 55.5 Å². The standard InChI is InChI=1S/C16H22N2O2/c1-11-5-8-15(20-11)16(12(2)17)18(13-6-7-13)10-14-4-3-9-19-14/h3-5,8-9,12-13,16H,6-7,10,17H2,1-2H3. The SMILES string of the molecule is Cc1ccc(C(C(C)N)N(Cc2ccco2)C2CC2)o1. The summed E-state index contributed by atoms with van der Waals surface area (Å²) in [4.78, 5) is 2.42. The van der Waals surface area contributed by atoms with E-state index in [1.54, 1.807) is 6.26 Å². The van der Waals surface area contributed by atoms with Crippen molar-refractivity contribution in [3.63, 3.8) is 0 Å². The minimum Gasteiger partial charge on any atom is -0.468 e. The first kappa shape index (κ1) is 13.5. The summed E-state index contributed by atoms with van der Waals surface area (Å²) in [6.07, 6.45) is 4.17. The third kappa shape index (κ3) is 2.81. The first-order valence-corrected chi connectivity index (χ1v) is 7.25. The van der Waals surface area contributed by atoms with E-state index in [9.17, 15) is 0 Å². The van der Waals surface area contributed by atoms with Gasteiger partial charge in [-0.3, -0.25) is 4.90 Å². The zero-order chi connectivity index (χ0) is 14.1. The van der Waals surface area contributed by atoms with E-state index in [1.807, 2.05) is 38.1 Å². The minimum atomic E-state index is 0.0103. The maximum atomic E-state index is 6.24. The van der Waals surface area contributed by atoms with Gasteiger partial charge < -0.3 is 14.6 Å². The Morgan fingerprint density at radius 2 is 2.15 bits per heavy atom. The van der Waals surface area contributed by atoms with Crippen molar-refractivity contribution in [2.24, 2.45) is 5.73 Å². The highest BCUT2D eigenvalue weighted by Crippen LogP contribution is 2.37. The molecule has 2 heterocycles. The highest BCUT2D eigenvalue weighted by molar-refractivity contribution is 5.14. The number of hydrogen-bond donors (Lipinski definition) is 1. The molecule has 0 saturated heterocycles. The lowest BCUT2D eigenvalue weighted by molar-refractivity contribution is 0.126. The highest BCUT2D eigenvalue weighted by Gasteiger charge is 2.38. The number of nitrogens with two attached hydrogens (primary N) is 1. The van der Waals surface area contributed by atoms with Gasteiger partial charge in [0.05, 0.1) is 18.8 Å². The smallest absolute Gasteiger partial charge is 0.122 e. The molecule has 1 saturated carbocycles. The molecular formula is C16H22N2O2. The van der Waals surface area contributed by atoms with E-state index < -0.39 is 0 Å². The molecule has 108 valence electrons. The lowest BCUT2D eigenvalue weighted by atomic mass is 10.1. The molecule has 1 fully saturated rings. The maximum Gasteiger partial charge on any atom is 0.122 e. The van der Waals surface area contributed by atoms with Crippen LogP contribution < -0.4 is 5.73 Å². The molecule has 2 atom stereocenters. The van der Waals surface area contributed by atoms with Crippen molar-refractivity contribution >= 4 is 0 Å². The van der Waals surface area contributed by atoms with Gasteiger partial charge in [0.25, 0.3) is 0 Å². The Labute approximate surface area is 119 Å². The van der Waals surface area contributed by atoms with Gasteiger partial charge in [-0.2, -0.15) is 0 Å². The molecule has 0 bridgehead atoms. The van der Waals surface area contributed by atoms with Crippen LogP contribution in [0.4, 0.5) is 0 Å². The fraction of sp³-hybridized carbons (Fsp3) is 0.500. The zero-order valence-electron chi connectivity index (χ0n) is 12.1. The molecule has 0 aromatic carbocycles. The number of nitrogens with zero attached hydrogens (tertiary/aromatic N) is 1. The summed E-state index contributed by atoms with van der Waals surface area (Å²) in [6.45, 7) is 4.79. The van der Waals surface area contributed by atoms with Crippen LogP contribution >= 0.6 is 0 Å². The summed E-state index contributed by atoms with van der Waals surface area (Å²) in [5, 5.41) is 0. The van der Waals surface area contributed by atoms with Crippen molar-refractivity contribution in [1.29, 1.82) is 0 Å². The molecule has 0 radical (unpaired) electrons. The Balaban J connectivity index is 1.86. The Bertz CT molecular complexity index is 541. The Hall–Kier alpha value is -1.52. The summed E-state index contributed by atoms with van der Waals surface area (Å²) >= 11 is 0. The number of furan rings is 2. The average molecular weight is 274 g/mol. The summed E-state index contributed by atoms with van der Waals surface area (Å²) in [5.41, 5.74) is 6.24.